The summed E-state index contributed by atoms with van der Waals surface area (Å²) in [7, 11) is -3.68. The molecule has 0 aliphatic heterocycles. The third-order valence-corrected chi connectivity index (χ3v) is 5.01. The van der Waals surface area contributed by atoms with E-state index in [4.69, 9.17) is 4.42 Å². The summed E-state index contributed by atoms with van der Waals surface area (Å²) in [5.74, 6) is 0.297. The molecule has 2 rings (SSSR count). The molecule has 92 valence electrons. The summed E-state index contributed by atoms with van der Waals surface area (Å²) < 4.78 is 31.9. The highest BCUT2D eigenvalue weighted by molar-refractivity contribution is 9.11. The molecule has 2 heterocycles. The van der Waals surface area contributed by atoms with Crippen molar-refractivity contribution in [1.29, 1.82) is 0 Å². The minimum absolute atomic E-state index is 0.135. The number of hydrogen-bond acceptors (Lipinski definition) is 6. The first-order valence-corrected chi connectivity index (χ1v) is 7.56. The fourth-order valence-electron chi connectivity index (χ4n) is 1.21. The van der Waals surface area contributed by atoms with Gasteiger partial charge in [0.05, 0.1) is 3.79 Å². The Morgan fingerprint density at radius 3 is 2.59 bits per heavy atom. The van der Waals surface area contributed by atoms with E-state index in [9.17, 15) is 8.42 Å². The van der Waals surface area contributed by atoms with Gasteiger partial charge in [0, 0.05) is 11.8 Å². The quantitative estimate of drug-likeness (QED) is 0.928. The highest BCUT2D eigenvalue weighted by atomic mass is 79.9. The third-order valence-electron chi connectivity index (χ3n) is 1.88. The molecular formula is C8H8BrN3O3S2. The summed E-state index contributed by atoms with van der Waals surface area (Å²) in [6.07, 6.45) is 0. The van der Waals surface area contributed by atoms with Gasteiger partial charge in [0.1, 0.15) is 4.90 Å². The molecule has 0 spiro atoms. The van der Waals surface area contributed by atoms with Crippen molar-refractivity contribution in [2.75, 3.05) is 4.72 Å². The third kappa shape index (κ3) is 2.67. The molecule has 2 aromatic heterocycles. The lowest BCUT2D eigenvalue weighted by molar-refractivity contribution is 0.534. The second-order valence-electron chi connectivity index (χ2n) is 3.20. The molecule has 0 saturated carbocycles. The van der Waals surface area contributed by atoms with Gasteiger partial charge in [-0.15, -0.1) is 16.4 Å². The van der Waals surface area contributed by atoms with E-state index in [0.29, 0.717) is 10.8 Å². The van der Waals surface area contributed by atoms with Crippen molar-refractivity contribution in [2.45, 2.75) is 18.7 Å². The summed E-state index contributed by atoms with van der Waals surface area (Å²) >= 11 is 4.58. The van der Waals surface area contributed by atoms with Crippen LogP contribution in [-0.2, 0) is 10.0 Å². The van der Waals surface area contributed by atoms with E-state index in [2.05, 4.69) is 30.8 Å². The van der Waals surface area contributed by atoms with Gasteiger partial charge in [0.2, 0.25) is 5.89 Å². The van der Waals surface area contributed by atoms with E-state index < -0.39 is 10.0 Å². The standard InChI is InChI=1S/C8H8BrN3O3S2/c1-4-6(3-7(9)16-4)17(13,14)12-8-11-10-5(2)15-8/h3H,1-2H3,(H,11,12). The Morgan fingerprint density at radius 2 is 2.12 bits per heavy atom. The number of aromatic nitrogens is 2. The first-order chi connectivity index (χ1) is 7.88. The van der Waals surface area contributed by atoms with E-state index in [-0.39, 0.29) is 10.9 Å². The molecule has 0 bridgehead atoms. The normalized spacial score (nSPS) is 11.7. The van der Waals surface area contributed by atoms with Crippen molar-refractivity contribution >= 4 is 43.3 Å². The number of hydrogen-bond donors (Lipinski definition) is 1. The molecule has 0 amide bonds. The van der Waals surface area contributed by atoms with E-state index in [1.165, 1.54) is 17.4 Å². The summed E-state index contributed by atoms with van der Waals surface area (Å²) in [5, 5.41) is 7.12. The number of sulfonamides is 1. The van der Waals surface area contributed by atoms with E-state index in [1.807, 2.05) is 0 Å². The minimum Gasteiger partial charge on any atom is -0.408 e. The van der Waals surface area contributed by atoms with Crippen LogP contribution in [0.25, 0.3) is 0 Å². The average molecular weight is 338 g/mol. The highest BCUT2D eigenvalue weighted by Crippen LogP contribution is 2.30. The fourth-order valence-corrected chi connectivity index (χ4v) is 4.55. The molecule has 1 N–H and O–H groups in total. The summed E-state index contributed by atoms with van der Waals surface area (Å²) in [6, 6.07) is 1.40. The number of nitrogens with zero attached hydrogens (tertiary/aromatic N) is 2. The molecule has 0 unspecified atom stereocenters. The van der Waals surface area contributed by atoms with Crippen LogP contribution in [0.5, 0.6) is 0 Å². The predicted octanol–water partition coefficient (Wildman–Crippen LogP) is 2.31. The zero-order chi connectivity index (χ0) is 12.6. The number of aryl methyl sites for hydroxylation is 2. The number of thiophene rings is 1. The van der Waals surface area contributed by atoms with Crippen molar-refractivity contribution < 1.29 is 12.8 Å². The zero-order valence-electron chi connectivity index (χ0n) is 8.89. The van der Waals surface area contributed by atoms with Gasteiger partial charge in [0.25, 0.3) is 10.0 Å². The molecule has 0 radical (unpaired) electrons. The minimum atomic E-state index is -3.68. The van der Waals surface area contributed by atoms with Crippen LogP contribution in [0.2, 0.25) is 0 Å². The van der Waals surface area contributed by atoms with Gasteiger partial charge in [-0.1, -0.05) is 5.10 Å². The molecule has 0 aromatic carbocycles. The lowest BCUT2D eigenvalue weighted by Crippen LogP contribution is -2.13. The van der Waals surface area contributed by atoms with Gasteiger partial charge < -0.3 is 4.42 Å². The maximum Gasteiger partial charge on any atom is 0.329 e. The summed E-state index contributed by atoms with van der Waals surface area (Å²) in [4.78, 5) is 0.880. The molecule has 0 atom stereocenters. The molecular weight excluding hydrogens is 330 g/mol. The van der Waals surface area contributed by atoms with Crippen LogP contribution in [0.4, 0.5) is 6.01 Å². The van der Waals surface area contributed by atoms with Crippen LogP contribution in [0.3, 0.4) is 0 Å². The Hall–Kier alpha value is -0.930. The molecule has 2 aromatic rings. The van der Waals surface area contributed by atoms with Crippen LogP contribution in [-0.4, -0.2) is 18.6 Å². The van der Waals surface area contributed by atoms with Crippen molar-refractivity contribution in [1.82, 2.24) is 10.2 Å². The maximum absolute atomic E-state index is 12.0. The fraction of sp³-hybridized carbons (Fsp3) is 0.250. The smallest absolute Gasteiger partial charge is 0.329 e. The molecule has 0 saturated heterocycles. The second kappa shape index (κ2) is 4.39. The van der Waals surface area contributed by atoms with Crippen LogP contribution in [0.15, 0.2) is 19.2 Å². The summed E-state index contributed by atoms with van der Waals surface area (Å²) in [6.45, 7) is 3.31. The lowest BCUT2D eigenvalue weighted by atomic mass is 10.5. The Kier molecular flexibility index (Phi) is 3.23. The number of nitrogens with one attached hydrogen (secondary N) is 1. The first kappa shape index (κ1) is 12.5. The number of rotatable bonds is 3. The largest absolute Gasteiger partial charge is 0.408 e. The van der Waals surface area contributed by atoms with Gasteiger partial charge in [-0.2, -0.15) is 0 Å². The van der Waals surface area contributed by atoms with Crippen LogP contribution >= 0.6 is 27.3 Å². The van der Waals surface area contributed by atoms with Gasteiger partial charge in [-0.25, -0.2) is 13.1 Å². The first-order valence-electron chi connectivity index (χ1n) is 4.47. The number of anilines is 1. The second-order valence-corrected chi connectivity index (χ2v) is 7.49. The maximum atomic E-state index is 12.0. The Bertz CT molecular complexity index is 647. The van der Waals surface area contributed by atoms with Crippen molar-refractivity contribution in [3.8, 4) is 0 Å². The lowest BCUT2D eigenvalue weighted by Gasteiger charge is -2.02. The molecule has 6 nitrogen and oxygen atoms in total. The van der Waals surface area contributed by atoms with Crippen molar-refractivity contribution in [3.63, 3.8) is 0 Å². The Labute approximate surface area is 110 Å². The van der Waals surface area contributed by atoms with Crippen LogP contribution in [0.1, 0.15) is 10.8 Å². The molecule has 9 heteroatoms. The van der Waals surface area contributed by atoms with Crippen LogP contribution in [0, 0.1) is 13.8 Å². The zero-order valence-corrected chi connectivity index (χ0v) is 12.1. The predicted molar refractivity (Wildman–Crippen MR) is 66.6 cm³/mol. The Morgan fingerprint density at radius 1 is 1.41 bits per heavy atom. The Balaban J connectivity index is 2.34. The summed E-state index contributed by atoms with van der Waals surface area (Å²) in [5.41, 5.74) is 0. The van der Waals surface area contributed by atoms with Gasteiger partial charge in [0.15, 0.2) is 0 Å². The molecule has 17 heavy (non-hydrogen) atoms. The molecule has 0 aliphatic carbocycles. The molecule has 0 fully saturated rings. The van der Waals surface area contributed by atoms with Crippen molar-refractivity contribution in [3.05, 3.63) is 20.6 Å². The number of halogens is 1. The highest BCUT2D eigenvalue weighted by Gasteiger charge is 2.21. The molecule has 0 aliphatic rings. The van der Waals surface area contributed by atoms with Crippen molar-refractivity contribution in [2.24, 2.45) is 0 Å². The van der Waals surface area contributed by atoms with E-state index >= 15 is 0 Å². The monoisotopic (exact) mass is 337 g/mol. The van der Waals surface area contributed by atoms with Crippen LogP contribution < -0.4 is 4.72 Å². The average Bonchev–Trinajstić information content (AvgIpc) is 2.72. The van der Waals surface area contributed by atoms with Gasteiger partial charge in [-0.05, 0) is 28.9 Å². The van der Waals surface area contributed by atoms with E-state index in [1.54, 1.807) is 13.8 Å². The van der Waals surface area contributed by atoms with E-state index in [0.717, 1.165) is 3.79 Å². The van der Waals surface area contributed by atoms with Gasteiger partial charge in [-0.3, -0.25) is 0 Å². The SMILES string of the molecule is Cc1nnc(NS(=O)(=O)c2cc(Br)sc2C)o1. The van der Waals surface area contributed by atoms with Gasteiger partial charge >= 0.3 is 6.01 Å². The topological polar surface area (TPSA) is 85.1 Å².